The van der Waals surface area contributed by atoms with Gasteiger partial charge in [0, 0.05) is 45.8 Å². The van der Waals surface area contributed by atoms with E-state index in [4.69, 9.17) is 0 Å². The molecule has 2 rings (SSSR count). The molecule has 1 unspecified atom stereocenters. The van der Waals surface area contributed by atoms with Crippen molar-refractivity contribution in [3.63, 3.8) is 0 Å². The predicted octanol–water partition coefficient (Wildman–Crippen LogP) is -0.650. The number of hydrogen-bond donors (Lipinski definition) is 2. The van der Waals surface area contributed by atoms with Crippen LogP contribution < -0.4 is 10.6 Å². The SMILES string of the molecule is CN1CCN(CCNC(=O)C2CCCNC2)CC1. The quantitative estimate of drug-likeness (QED) is 0.700. The minimum Gasteiger partial charge on any atom is -0.355 e. The monoisotopic (exact) mass is 254 g/mol. The second-order valence-corrected chi connectivity index (χ2v) is 5.48. The van der Waals surface area contributed by atoms with Gasteiger partial charge in [-0.1, -0.05) is 0 Å². The third-order valence-electron chi connectivity index (χ3n) is 3.99. The zero-order valence-electron chi connectivity index (χ0n) is 11.5. The lowest BCUT2D eigenvalue weighted by Crippen LogP contribution is -2.48. The van der Waals surface area contributed by atoms with Gasteiger partial charge in [0.25, 0.3) is 0 Å². The molecule has 104 valence electrons. The molecule has 2 N–H and O–H groups in total. The van der Waals surface area contributed by atoms with Gasteiger partial charge in [-0.2, -0.15) is 0 Å². The van der Waals surface area contributed by atoms with E-state index < -0.39 is 0 Å². The molecule has 5 heteroatoms. The highest BCUT2D eigenvalue weighted by Crippen LogP contribution is 2.09. The fraction of sp³-hybridized carbons (Fsp3) is 0.923. The molecule has 0 aromatic rings. The van der Waals surface area contributed by atoms with Gasteiger partial charge in [0.15, 0.2) is 0 Å². The molecule has 5 nitrogen and oxygen atoms in total. The molecule has 0 bridgehead atoms. The first-order chi connectivity index (χ1) is 8.75. The van der Waals surface area contributed by atoms with Crippen molar-refractivity contribution in [3.8, 4) is 0 Å². The summed E-state index contributed by atoms with van der Waals surface area (Å²) in [5, 5.41) is 6.36. The van der Waals surface area contributed by atoms with E-state index in [1.165, 1.54) is 0 Å². The Morgan fingerprint density at radius 2 is 2.11 bits per heavy atom. The van der Waals surface area contributed by atoms with Gasteiger partial charge >= 0.3 is 0 Å². The van der Waals surface area contributed by atoms with Crippen LogP contribution in [0.3, 0.4) is 0 Å². The van der Waals surface area contributed by atoms with Crippen LogP contribution in [-0.2, 0) is 4.79 Å². The minimum absolute atomic E-state index is 0.186. The Hall–Kier alpha value is -0.650. The molecule has 0 aromatic heterocycles. The van der Waals surface area contributed by atoms with Crippen LogP contribution in [0.1, 0.15) is 12.8 Å². The number of likely N-dealkylation sites (N-methyl/N-ethyl adjacent to an activating group) is 1. The number of piperazine rings is 1. The Balaban J connectivity index is 1.58. The zero-order chi connectivity index (χ0) is 12.8. The second-order valence-electron chi connectivity index (χ2n) is 5.48. The van der Waals surface area contributed by atoms with Crippen LogP contribution >= 0.6 is 0 Å². The lowest BCUT2D eigenvalue weighted by molar-refractivity contribution is -0.125. The molecule has 0 saturated carbocycles. The molecule has 18 heavy (non-hydrogen) atoms. The maximum absolute atomic E-state index is 11.9. The maximum atomic E-state index is 11.9. The van der Waals surface area contributed by atoms with E-state index in [9.17, 15) is 4.79 Å². The highest BCUT2D eigenvalue weighted by atomic mass is 16.1. The Morgan fingerprint density at radius 1 is 1.33 bits per heavy atom. The van der Waals surface area contributed by atoms with Gasteiger partial charge in [-0.3, -0.25) is 9.69 Å². The smallest absolute Gasteiger partial charge is 0.224 e. The first kappa shape index (κ1) is 13.8. The number of carbonyl (C=O) groups excluding carboxylic acids is 1. The van der Waals surface area contributed by atoms with Crippen LogP contribution in [-0.4, -0.2) is 75.1 Å². The summed E-state index contributed by atoms with van der Waals surface area (Å²) in [5.74, 6) is 0.419. The van der Waals surface area contributed by atoms with Crippen LogP contribution in [0.25, 0.3) is 0 Å². The number of rotatable bonds is 4. The van der Waals surface area contributed by atoms with Gasteiger partial charge in [-0.25, -0.2) is 0 Å². The number of nitrogens with one attached hydrogen (secondary N) is 2. The number of amides is 1. The molecule has 0 aromatic carbocycles. The van der Waals surface area contributed by atoms with Crippen molar-refractivity contribution >= 4 is 5.91 Å². The second kappa shape index (κ2) is 7.07. The molecule has 2 fully saturated rings. The molecule has 0 radical (unpaired) electrons. The van der Waals surface area contributed by atoms with Crippen LogP contribution in [0.2, 0.25) is 0 Å². The highest BCUT2D eigenvalue weighted by molar-refractivity contribution is 5.78. The maximum Gasteiger partial charge on any atom is 0.224 e. The molecule has 1 amide bonds. The van der Waals surface area contributed by atoms with Crippen LogP contribution in [0.15, 0.2) is 0 Å². The van der Waals surface area contributed by atoms with E-state index >= 15 is 0 Å². The average molecular weight is 254 g/mol. The van der Waals surface area contributed by atoms with Gasteiger partial charge in [0.1, 0.15) is 0 Å². The summed E-state index contributed by atoms with van der Waals surface area (Å²) >= 11 is 0. The Morgan fingerprint density at radius 3 is 2.78 bits per heavy atom. The van der Waals surface area contributed by atoms with Gasteiger partial charge in [-0.15, -0.1) is 0 Å². The van der Waals surface area contributed by atoms with Crippen molar-refractivity contribution in [2.45, 2.75) is 12.8 Å². The van der Waals surface area contributed by atoms with E-state index in [2.05, 4.69) is 27.5 Å². The molecule has 2 heterocycles. The van der Waals surface area contributed by atoms with Crippen LogP contribution in [0, 0.1) is 5.92 Å². The lowest BCUT2D eigenvalue weighted by Gasteiger charge is -2.32. The number of piperidine rings is 1. The van der Waals surface area contributed by atoms with E-state index in [0.717, 1.165) is 65.2 Å². The normalized spacial score (nSPS) is 27.1. The van der Waals surface area contributed by atoms with Crippen molar-refractivity contribution in [1.29, 1.82) is 0 Å². The minimum atomic E-state index is 0.186. The summed E-state index contributed by atoms with van der Waals surface area (Å²) in [6, 6.07) is 0. The molecule has 0 spiro atoms. The standard InChI is InChI=1S/C13H26N4O/c1-16-7-9-17(10-8-16)6-5-15-13(18)12-3-2-4-14-11-12/h12,14H,2-11H2,1H3,(H,15,18). The Kier molecular flexibility index (Phi) is 5.41. The summed E-state index contributed by atoms with van der Waals surface area (Å²) in [4.78, 5) is 16.7. The summed E-state index contributed by atoms with van der Waals surface area (Å²) in [5.41, 5.74) is 0. The Labute approximate surface area is 110 Å². The predicted molar refractivity (Wildman–Crippen MR) is 72.5 cm³/mol. The number of nitrogens with zero attached hydrogens (tertiary/aromatic N) is 2. The van der Waals surface area contributed by atoms with Crippen molar-refractivity contribution < 1.29 is 4.79 Å². The fourth-order valence-corrected chi connectivity index (χ4v) is 2.63. The first-order valence-corrected chi connectivity index (χ1v) is 7.15. The molecular formula is C13H26N4O. The van der Waals surface area contributed by atoms with Gasteiger partial charge in [0.2, 0.25) is 5.91 Å². The summed E-state index contributed by atoms with van der Waals surface area (Å²) in [7, 11) is 2.16. The largest absolute Gasteiger partial charge is 0.355 e. The van der Waals surface area contributed by atoms with Crippen molar-refractivity contribution in [2.75, 3.05) is 59.4 Å². The third kappa shape index (κ3) is 4.23. The van der Waals surface area contributed by atoms with E-state index in [1.807, 2.05) is 0 Å². The number of carbonyl (C=O) groups is 1. The number of hydrogen-bond acceptors (Lipinski definition) is 4. The van der Waals surface area contributed by atoms with Crippen LogP contribution in [0.4, 0.5) is 0 Å². The topological polar surface area (TPSA) is 47.6 Å². The van der Waals surface area contributed by atoms with E-state index in [-0.39, 0.29) is 11.8 Å². The third-order valence-corrected chi connectivity index (χ3v) is 3.99. The summed E-state index contributed by atoms with van der Waals surface area (Å²) in [6.45, 7) is 8.21. The van der Waals surface area contributed by atoms with Crippen LogP contribution in [0.5, 0.6) is 0 Å². The lowest BCUT2D eigenvalue weighted by atomic mass is 9.99. The molecule has 2 saturated heterocycles. The summed E-state index contributed by atoms with van der Waals surface area (Å²) in [6.07, 6.45) is 2.16. The average Bonchev–Trinajstić information content (AvgIpc) is 2.42. The molecule has 0 aliphatic carbocycles. The highest BCUT2D eigenvalue weighted by Gasteiger charge is 2.20. The van der Waals surface area contributed by atoms with E-state index in [1.54, 1.807) is 0 Å². The fourth-order valence-electron chi connectivity index (χ4n) is 2.63. The molecule has 2 aliphatic heterocycles. The van der Waals surface area contributed by atoms with E-state index in [0.29, 0.717) is 0 Å². The van der Waals surface area contributed by atoms with Crippen molar-refractivity contribution in [3.05, 3.63) is 0 Å². The first-order valence-electron chi connectivity index (χ1n) is 7.15. The van der Waals surface area contributed by atoms with Gasteiger partial charge in [-0.05, 0) is 26.4 Å². The summed E-state index contributed by atoms with van der Waals surface area (Å²) < 4.78 is 0. The zero-order valence-corrected chi connectivity index (χ0v) is 11.5. The Bertz CT molecular complexity index is 258. The van der Waals surface area contributed by atoms with Gasteiger partial charge < -0.3 is 15.5 Å². The molecule has 1 atom stereocenters. The molecule has 2 aliphatic rings. The van der Waals surface area contributed by atoms with Crippen molar-refractivity contribution in [1.82, 2.24) is 20.4 Å². The van der Waals surface area contributed by atoms with Crippen molar-refractivity contribution in [2.24, 2.45) is 5.92 Å². The van der Waals surface area contributed by atoms with Gasteiger partial charge in [0.05, 0.1) is 5.92 Å². The molecular weight excluding hydrogens is 228 g/mol.